The lowest BCUT2D eigenvalue weighted by atomic mass is 9.86. The molecule has 1 atom stereocenters. The molecule has 1 heterocycles. The molecule has 208 valence electrons. The molecule has 6 heteroatoms. The maximum Gasteiger partial charge on any atom is 0.326 e. The Kier molecular flexibility index (Phi) is 8.29. The summed E-state index contributed by atoms with van der Waals surface area (Å²) in [6.45, 7) is 11.9. The molecule has 0 aliphatic heterocycles. The first-order chi connectivity index (χ1) is 18.8. The monoisotopic (exact) mass is 538 g/mol. The van der Waals surface area contributed by atoms with Gasteiger partial charge in [-0.25, -0.2) is 9.78 Å². The normalized spacial score (nSPS) is 12.7. The number of amides is 1. The van der Waals surface area contributed by atoms with Crippen LogP contribution >= 0.6 is 0 Å². The van der Waals surface area contributed by atoms with Crippen molar-refractivity contribution in [2.24, 2.45) is 5.41 Å². The smallest absolute Gasteiger partial charge is 0.326 e. The number of fused-ring (bicyclic) bond motifs is 1. The average Bonchev–Trinajstić information content (AvgIpc) is 2.89. The third kappa shape index (κ3) is 7.06. The Morgan fingerprint density at radius 1 is 0.850 bits per heavy atom. The highest BCUT2D eigenvalue weighted by atomic mass is 16.5. The molecule has 0 radical (unpaired) electrons. The van der Waals surface area contributed by atoms with Gasteiger partial charge in [-0.1, -0.05) is 90.1 Å². The fourth-order valence-electron chi connectivity index (χ4n) is 4.59. The summed E-state index contributed by atoms with van der Waals surface area (Å²) in [5.74, 6) is -0.175. The molecule has 0 unspecified atom stereocenters. The van der Waals surface area contributed by atoms with E-state index in [1.807, 2.05) is 48.5 Å². The second-order valence-corrected chi connectivity index (χ2v) is 12.3. The van der Waals surface area contributed by atoms with Crippen molar-refractivity contribution in [1.29, 1.82) is 0 Å². The molecular formula is C34H38N2O4. The number of nitrogens with one attached hydrogen (secondary N) is 1. The van der Waals surface area contributed by atoms with Crippen LogP contribution in [0.1, 0.15) is 68.9 Å². The molecule has 1 amide bonds. The van der Waals surface area contributed by atoms with Gasteiger partial charge in [-0.15, -0.1) is 0 Å². The van der Waals surface area contributed by atoms with Crippen molar-refractivity contribution in [2.45, 2.75) is 65.8 Å². The number of aromatic nitrogens is 1. The van der Waals surface area contributed by atoms with E-state index in [1.165, 1.54) is 5.56 Å². The lowest BCUT2D eigenvalue weighted by Gasteiger charge is -2.27. The zero-order valence-corrected chi connectivity index (χ0v) is 24.1. The highest BCUT2D eigenvalue weighted by Gasteiger charge is 2.33. The van der Waals surface area contributed by atoms with E-state index in [1.54, 1.807) is 26.8 Å². The second kappa shape index (κ2) is 11.5. The van der Waals surface area contributed by atoms with E-state index in [2.05, 4.69) is 50.4 Å². The second-order valence-electron chi connectivity index (χ2n) is 12.3. The number of carboxylic acid groups (broad SMARTS) is 1. The van der Waals surface area contributed by atoms with Crippen molar-refractivity contribution in [2.75, 3.05) is 0 Å². The SMILES string of the molecule is CC(C)(C)c1ccc(Oc2ccc3cc(C(=O)N[C@H](C(=O)O)C(C)(C)C)nc(CCc4ccccc4)c3c2)cc1. The van der Waals surface area contributed by atoms with Gasteiger partial charge in [0.2, 0.25) is 0 Å². The van der Waals surface area contributed by atoms with Gasteiger partial charge in [-0.05, 0) is 70.5 Å². The number of aliphatic carboxylic acids is 1. The molecular weight excluding hydrogens is 500 g/mol. The van der Waals surface area contributed by atoms with Crippen LogP contribution in [0.4, 0.5) is 0 Å². The van der Waals surface area contributed by atoms with Crippen LogP contribution in [-0.4, -0.2) is 28.0 Å². The fourth-order valence-corrected chi connectivity index (χ4v) is 4.59. The van der Waals surface area contributed by atoms with Gasteiger partial charge < -0.3 is 15.2 Å². The number of nitrogens with zero attached hydrogens (tertiary/aromatic N) is 1. The van der Waals surface area contributed by atoms with Gasteiger partial charge in [0.25, 0.3) is 5.91 Å². The topological polar surface area (TPSA) is 88.5 Å². The van der Waals surface area contributed by atoms with Crippen molar-refractivity contribution in [3.05, 3.63) is 101 Å². The Labute approximate surface area is 236 Å². The van der Waals surface area contributed by atoms with E-state index >= 15 is 0 Å². The Balaban J connectivity index is 1.68. The average molecular weight is 539 g/mol. The molecule has 0 saturated carbocycles. The summed E-state index contributed by atoms with van der Waals surface area (Å²) in [6, 6.07) is 24.6. The minimum absolute atomic E-state index is 0.0577. The van der Waals surface area contributed by atoms with Gasteiger partial charge in [-0.2, -0.15) is 0 Å². The molecule has 3 aromatic carbocycles. The molecule has 0 fully saturated rings. The molecule has 40 heavy (non-hydrogen) atoms. The molecule has 4 rings (SSSR count). The van der Waals surface area contributed by atoms with E-state index in [9.17, 15) is 14.7 Å². The highest BCUT2D eigenvalue weighted by Crippen LogP contribution is 2.30. The zero-order chi connectivity index (χ0) is 29.1. The summed E-state index contributed by atoms with van der Waals surface area (Å²) in [4.78, 5) is 29.8. The standard InChI is InChI=1S/C34H38N2O4/c1-33(2,3)24-14-17-25(18-15-24)40-26-16-13-23-20-29(31(37)36-30(32(38)39)34(4,5)6)35-28(27(23)21-26)19-12-22-10-8-7-9-11-22/h7-11,13-18,20-21,30H,12,19H2,1-6H3,(H,36,37)(H,38,39)/t30-/m1/s1. The predicted octanol–water partition coefficient (Wildman–Crippen LogP) is 7.34. The van der Waals surface area contributed by atoms with Gasteiger partial charge >= 0.3 is 5.97 Å². The van der Waals surface area contributed by atoms with Crippen LogP contribution in [0.15, 0.2) is 78.9 Å². The molecule has 0 aliphatic rings. The van der Waals surface area contributed by atoms with Crippen LogP contribution in [0.2, 0.25) is 0 Å². The maximum atomic E-state index is 13.2. The summed E-state index contributed by atoms with van der Waals surface area (Å²) in [5, 5.41) is 14.1. The first kappa shape index (κ1) is 28.8. The van der Waals surface area contributed by atoms with E-state index in [0.717, 1.165) is 34.2 Å². The number of rotatable bonds is 8. The molecule has 1 aromatic heterocycles. The number of aryl methyl sites for hydroxylation is 2. The summed E-state index contributed by atoms with van der Waals surface area (Å²) in [5.41, 5.74) is 2.74. The molecule has 0 aliphatic carbocycles. The predicted molar refractivity (Wildman–Crippen MR) is 159 cm³/mol. The number of hydrogen-bond donors (Lipinski definition) is 2. The largest absolute Gasteiger partial charge is 0.480 e. The van der Waals surface area contributed by atoms with Gasteiger partial charge in [0, 0.05) is 11.1 Å². The quantitative estimate of drug-likeness (QED) is 0.245. The van der Waals surface area contributed by atoms with Crippen molar-refractivity contribution in [1.82, 2.24) is 10.3 Å². The molecule has 0 spiro atoms. The maximum absolute atomic E-state index is 13.2. The molecule has 6 nitrogen and oxygen atoms in total. The Morgan fingerprint density at radius 3 is 2.10 bits per heavy atom. The van der Waals surface area contributed by atoms with Crippen LogP contribution in [0.25, 0.3) is 10.8 Å². The van der Waals surface area contributed by atoms with Crippen LogP contribution in [0, 0.1) is 5.41 Å². The first-order valence-corrected chi connectivity index (χ1v) is 13.6. The number of carbonyl (C=O) groups excluding carboxylic acids is 1. The van der Waals surface area contributed by atoms with Crippen molar-refractivity contribution in [3.63, 3.8) is 0 Å². The van der Waals surface area contributed by atoms with Gasteiger partial charge in [-0.3, -0.25) is 4.79 Å². The zero-order valence-electron chi connectivity index (χ0n) is 24.1. The summed E-state index contributed by atoms with van der Waals surface area (Å²) >= 11 is 0. The number of carbonyl (C=O) groups is 2. The van der Waals surface area contributed by atoms with E-state index in [4.69, 9.17) is 9.72 Å². The van der Waals surface area contributed by atoms with Crippen molar-refractivity contribution >= 4 is 22.6 Å². The van der Waals surface area contributed by atoms with Crippen LogP contribution in [0.3, 0.4) is 0 Å². The molecule has 0 saturated heterocycles. The minimum Gasteiger partial charge on any atom is -0.480 e. The van der Waals surface area contributed by atoms with Crippen LogP contribution in [-0.2, 0) is 23.1 Å². The number of hydrogen-bond acceptors (Lipinski definition) is 4. The van der Waals surface area contributed by atoms with Crippen LogP contribution in [0.5, 0.6) is 11.5 Å². The van der Waals surface area contributed by atoms with E-state index < -0.39 is 23.3 Å². The third-order valence-corrected chi connectivity index (χ3v) is 6.95. The number of ether oxygens (including phenoxy) is 1. The summed E-state index contributed by atoms with van der Waals surface area (Å²) in [7, 11) is 0. The Bertz CT molecular complexity index is 1500. The Morgan fingerprint density at radius 2 is 1.50 bits per heavy atom. The highest BCUT2D eigenvalue weighted by molar-refractivity contribution is 5.99. The fraction of sp³-hybridized carbons (Fsp3) is 0.324. The lowest BCUT2D eigenvalue weighted by Crippen LogP contribution is -2.49. The van der Waals surface area contributed by atoms with E-state index in [0.29, 0.717) is 12.2 Å². The van der Waals surface area contributed by atoms with Gasteiger partial charge in [0.05, 0.1) is 0 Å². The third-order valence-electron chi connectivity index (χ3n) is 6.95. The van der Waals surface area contributed by atoms with Crippen molar-refractivity contribution < 1.29 is 19.4 Å². The van der Waals surface area contributed by atoms with Gasteiger partial charge in [0.1, 0.15) is 23.2 Å². The summed E-state index contributed by atoms with van der Waals surface area (Å²) in [6.07, 6.45) is 1.35. The number of pyridine rings is 1. The van der Waals surface area contributed by atoms with E-state index in [-0.39, 0.29) is 11.1 Å². The minimum atomic E-state index is -1.08. The Hall–Kier alpha value is -4.19. The number of carboxylic acids is 1. The number of benzene rings is 3. The van der Waals surface area contributed by atoms with Gasteiger partial charge in [0.15, 0.2) is 0 Å². The van der Waals surface area contributed by atoms with Crippen LogP contribution < -0.4 is 10.1 Å². The van der Waals surface area contributed by atoms with Crippen molar-refractivity contribution in [3.8, 4) is 11.5 Å². The summed E-state index contributed by atoms with van der Waals surface area (Å²) < 4.78 is 6.19. The first-order valence-electron chi connectivity index (χ1n) is 13.6. The molecule has 4 aromatic rings. The molecule has 2 N–H and O–H groups in total. The lowest BCUT2D eigenvalue weighted by molar-refractivity contribution is -0.142. The molecule has 0 bridgehead atoms.